The quantitative estimate of drug-likeness (QED) is 0.370. The Morgan fingerprint density at radius 3 is 2.50 bits per heavy atom. The van der Waals surface area contributed by atoms with Gasteiger partial charge in [-0.15, -0.1) is 0 Å². The predicted molar refractivity (Wildman–Crippen MR) is 99.5 cm³/mol. The normalized spacial score (nSPS) is 10.8. The van der Waals surface area contributed by atoms with Crippen LogP contribution in [0.3, 0.4) is 0 Å². The Kier molecular flexibility index (Phi) is 5.25. The number of anilines is 1. The fourth-order valence-corrected chi connectivity index (χ4v) is 2.29. The van der Waals surface area contributed by atoms with Crippen LogP contribution in [0.15, 0.2) is 58.2 Å². The second-order valence-corrected chi connectivity index (χ2v) is 5.37. The van der Waals surface area contributed by atoms with Crippen LogP contribution in [0, 0.1) is 20.2 Å². The van der Waals surface area contributed by atoms with Crippen LogP contribution in [-0.2, 0) is 0 Å². The smallest absolute Gasteiger partial charge is 0.287 e. The number of hydrazone groups is 1. The van der Waals surface area contributed by atoms with E-state index in [9.17, 15) is 20.2 Å². The zero-order chi connectivity index (χ0) is 20.1. The van der Waals surface area contributed by atoms with Crippen molar-refractivity contribution in [3.8, 4) is 17.1 Å². The second kappa shape index (κ2) is 7.95. The average Bonchev–Trinajstić information content (AvgIpc) is 3.16. The monoisotopic (exact) mass is 383 g/mol. The van der Waals surface area contributed by atoms with Gasteiger partial charge in [-0.25, -0.2) is 4.98 Å². The average molecular weight is 383 g/mol. The van der Waals surface area contributed by atoms with Gasteiger partial charge in [0.2, 0.25) is 0 Å². The zero-order valence-electron chi connectivity index (χ0n) is 14.4. The van der Waals surface area contributed by atoms with E-state index < -0.39 is 9.85 Å². The van der Waals surface area contributed by atoms with E-state index >= 15 is 0 Å². The summed E-state index contributed by atoms with van der Waals surface area (Å²) in [6.07, 6.45) is 2.51. The maximum Gasteiger partial charge on any atom is 0.287 e. The standard InChI is InChI=1S/C17H13N5O6/c1-27-16-8-11(21(23)24)2-5-14(16)15-6-4-13(28-15)10-19-20-17-7-3-12(9-18-17)22(25)26/h2-10H,1H3,(H,18,20)/b19-10-. The van der Waals surface area contributed by atoms with Crippen molar-refractivity contribution in [1.29, 1.82) is 0 Å². The molecule has 0 amide bonds. The number of furan rings is 1. The highest BCUT2D eigenvalue weighted by Gasteiger charge is 2.15. The summed E-state index contributed by atoms with van der Waals surface area (Å²) in [6, 6.07) is 10.3. The lowest BCUT2D eigenvalue weighted by molar-refractivity contribution is -0.385. The number of hydrogen-bond donors (Lipinski definition) is 1. The van der Waals surface area contributed by atoms with E-state index in [-0.39, 0.29) is 11.4 Å². The number of rotatable bonds is 7. The molecule has 3 aromatic rings. The number of nitro benzene ring substituents is 1. The number of nitro groups is 2. The van der Waals surface area contributed by atoms with Crippen LogP contribution in [0.2, 0.25) is 0 Å². The first-order valence-corrected chi connectivity index (χ1v) is 7.80. The van der Waals surface area contributed by atoms with E-state index in [0.717, 1.165) is 6.20 Å². The summed E-state index contributed by atoms with van der Waals surface area (Å²) in [5.74, 6) is 1.48. The molecule has 28 heavy (non-hydrogen) atoms. The summed E-state index contributed by atoms with van der Waals surface area (Å²) >= 11 is 0. The highest BCUT2D eigenvalue weighted by molar-refractivity contribution is 5.79. The number of benzene rings is 1. The summed E-state index contributed by atoms with van der Waals surface area (Å²) < 4.78 is 10.9. The molecule has 0 unspecified atom stereocenters. The molecular weight excluding hydrogens is 370 g/mol. The molecule has 0 saturated heterocycles. The molecule has 2 aromatic heterocycles. The van der Waals surface area contributed by atoms with Gasteiger partial charge in [0, 0.05) is 12.1 Å². The van der Waals surface area contributed by atoms with E-state index in [4.69, 9.17) is 9.15 Å². The van der Waals surface area contributed by atoms with Crippen molar-refractivity contribution in [3.63, 3.8) is 0 Å². The Hall–Kier alpha value is -4.28. The molecule has 3 rings (SSSR count). The third-order valence-corrected chi connectivity index (χ3v) is 3.62. The van der Waals surface area contributed by atoms with Crippen LogP contribution in [-0.4, -0.2) is 28.2 Å². The highest BCUT2D eigenvalue weighted by Crippen LogP contribution is 2.34. The van der Waals surface area contributed by atoms with Crippen molar-refractivity contribution in [2.75, 3.05) is 12.5 Å². The Morgan fingerprint density at radius 2 is 1.86 bits per heavy atom. The lowest BCUT2D eigenvalue weighted by Gasteiger charge is -2.05. The molecule has 2 heterocycles. The minimum Gasteiger partial charge on any atom is -0.496 e. The lowest BCUT2D eigenvalue weighted by Crippen LogP contribution is -1.94. The summed E-state index contributed by atoms with van der Waals surface area (Å²) in [6.45, 7) is 0. The molecule has 142 valence electrons. The third kappa shape index (κ3) is 4.09. The van der Waals surface area contributed by atoms with Gasteiger partial charge in [-0.1, -0.05) is 0 Å². The van der Waals surface area contributed by atoms with E-state index in [1.165, 1.54) is 43.7 Å². The molecule has 0 saturated carbocycles. The van der Waals surface area contributed by atoms with Crippen LogP contribution >= 0.6 is 0 Å². The maximum atomic E-state index is 10.9. The molecule has 0 spiro atoms. The lowest BCUT2D eigenvalue weighted by atomic mass is 10.1. The van der Waals surface area contributed by atoms with Gasteiger partial charge in [0.25, 0.3) is 11.4 Å². The highest BCUT2D eigenvalue weighted by atomic mass is 16.6. The van der Waals surface area contributed by atoms with Gasteiger partial charge in [-0.2, -0.15) is 5.10 Å². The van der Waals surface area contributed by atoms with Crippen LogP contribution < -0.4 is 10.2 Å². The SMILES string of the molecule is COc1cc([N+](=O)[O-])ccc1-c1ccc(/C=N\Nc2ccc([N+](=O)[O-])cn2)o1. The van der Waals surface area contributed by atoms with Crippen LogP contribution in [0.1, 0.15) is 5.76 Å². The minimum atomic E-state index is -0.545. The first kappa shape index (κ1) is 18.5. The first-order valence-electron chi connectivity index (χ1n) is 7.80. The Balaban J connectivity index is 1.72. The molecule has 0 aliphatic rings. The molecule has 11 nitrogen and oxygen atoms in total. The number of hydrogen-bond acceptors (Lipinski definition) is 9. The zero-order valence-corrected chi connectivity index (χ0v) is 14.4. The largest absolute Gasteiger partial charge is 0.496 e. The van der Waals surface area contributed by atoms with Crippen molar-refractivity contribution in [2.45, 2.75) is 0 Å². The molecule has 1 N–H and O–H groups in total. The molecule has 0 aliphatic heterocycles. The molecule has 0 bridgehead atoms. The van der Waals surface area contributed by atoms with Crippen molar-refractivity contribution < 1.29 is 19.0 Å². The van der Waals surface area contributed by atoms with E-state index in [0.29, 0.717) is 28.7 Å². The number of ether oxygens (including phenoxy) is 1. The van der Waals surface area contributed by atoms with Crippen LogP contribution in [0.5, 0.6) is 5.75 Å². The fraction of sp³-hybridized carbons (Fsp3) is 0.0588. The molecule has 11 heteroatoms. The maximum absolute atomic E-state index is 10.9. The topological polar surface area (TPSA) is 146 Å². The Morgan fingerprint density at radius 1 is 1.11 bits per heavy atom. The van der Waals surface area contributed by atoms with E-state index in [1.54, 1.807) is 12.1 Å². The van der Waals surface area contributed by atoms with Crippen LogP contribution in [0.25, 0.3) is 11.3 Å². The third-order valence-electron chi connectivity index (χ3n) is 3.62. The van der Waals surface area contributed by atoms with E-state index in [1.807, 2.05) is 0 Å². The van der Waals surface area contributed by atoms with Gasteiger partial charge in [0.1, 0.15) is 29.3 Å². The number of non-ortho nitro benzene ring substituents is 1. The van der Waals surface area contributed by atoms with Gasteiger partial charge >= 0.3 is 0 Å². The van der Waals surface area contributed by atoms with Crippen molar-refractivity contribution in [2.24, 2.45) is 5.10 Å². The molecular formula is C17H13N5O6. The van der Waals surface area contributed by atoms with Gasteiger partial charge in [-0.3, -0.25) is 25.7 Å². The molecule has 1 aromatic carbocycles. The summed E-state index contributed by atoms with van der Waals surface area (Å²) in [5.41, 5.74) is 2.97. The number of nitrogens with zero attached hydrogens (tertiary/aromatic N) is 4. The van der Waals surface area contributed by atoms with Crippen LogP contribution in [0.4, 0.5) is 17.2 Å². The van der Waals surface area contributed by atoms with E-state index in [2.05, 4.69) is 15.5 Å². The second-order valence-electron chi connectivity index (χ2n) is 5.37. The molecule has 0 atom stereocenters. The van der Waals surface area contributed by atoms with Gasteiger partial charge in [0.15, 0.2) is 0 Å². The summed E-state index contributed by atoms with van der Waals surface area (Å²) in [4.78, 5) is 24.3. The van der Waals surface area contributed by atoms with Crippen molar-refractivity contribution in [3.05, 3.63) is 74.7 Å². The Labute approximate surface area is 157 Å². The predicted octanol–water partition coefficient (Wildman–Crippen LogP) is 3.61. The number of nitrogens with one attached hydrogen (secondary N) is 1. The van der Waals surface area contributed by atoms with Gasteiger partial charge in [0.05, 0.1) is 34.8 Å². The number of pyridine rings is 1. The Bertz CT molecular complexity index is 1040. The van der Waals surface area contributed by atoms with Crippen molar-refractivity contribution in [1.82, 2.24) is 4.98 Å². The molecule has 0 fully saturated rings. The summed E-state index contributed by atoms with van der Waals surface area (Å²) in [7, 11) is 1.41. The minimum absolute atomic E-state index is 0.0891. The number of methoxy groups -OCH3 is 1. The first-order chi connectivity index (χ1) is 13.5. The van der Waals surface area contributed by atoms with Gasteiger partial charge < -0.3 is 9.15 Å². The molecule has 0 aliphatic carbocycles. The van der Waals surface area contributed by atoms with Crippen molar-refractivity contribution >= 4 is 23.4 Å². The van der Waals surface area contributed by atoms with Gasteiger partial charge in [-0.05, 0) is 24.3 Å². The number of aromatic nitrogens is 1. The molecule has 0 radical (unpaired) electrons. The summed E-state index contributed by atoms with van der Waals surface area (Å²) in [5, 5.41) is 25.4. The fourth-order valence-electron chi connectivity index (χ4n) is 2.29.